The second-order valence-electron chi connectivity index (χ2n) is 8.21. The number of nitrogens with one attached hydrogen (secondary N) is 3. The fraction of sp³-hybridized carbons (Fsp3) is 0.346. The molecule has 9 nitrogen and oxygen atoms in total. The molecule has 3 aromatic rings. The molecule has 0 aliphatic rings. The summed E-state index contributed by atoms with van der Waals surface area (Å²) in [4.78, 5) is 20.2. The third-order valence-electron chi connectivity index (χ3n) is 4.18. The van der Waals surface area contributed by atoms with Gasteiger partial charge in [0.25, 0.3) is 0 Å². The highest BCUT2D eigenvalue weighted by Gasteiger charge is 2.16. The number of halogens is 1. The minimum atomic E-state index is -0.627. The van der Waals surface area contributed by atoms with Crippen LogP contribution in [0, 0.1) is 5.82 Å². The predicted octanol–water partition coefficient (Wildman–Crippen LogP) is 6.50. The van der Waals surface area contributed by atoms with Crippen molar-refractivity contribution >= 4 is 34.9 Å². The van der Waals surface area contributed by atoms with Crippen LogP contribution in [0.15, 0.2) is 54.7 Å². The first-order chi connectivity index (χ1) is 17.2. The third kappa shape index (κ3) is 9.75. The van der Waals surface area contributed by atoms with Crippen molar-refractivity contribution in [1.29, 1.82) is 0 Å². The van der Waals surface area contributed by atoms with Crippen molar-refractivity contribution in [3.8, 4) is 5.75 Å². The maximum absolute atomic E-state index is 14.4. The first-order valence-electron chi connectivity index (χ1n) is 11.6. The molecule has 194 valence electrons. The number of benzene rings is 2. The van der Waals surface area contributed by atoms with Crippen LogP contribution >= 0.6 is 0 Å². The lowest BCUT2D eigenvalue weighted by molar-refractivity contribution is 0.0636. The van der Waals surface area contributed by atoms with Crippen molar-refractivity contribution in [2.45, 2.75) is 40.2 Å². The van der Waals surface area contributed by atoms with Gasteiger partial charge in [0.1, 0.15) is 18.0 Å². The predicted molar refractivity (Wildman–Crippen MR) is 140 cm³/mol. The Hall–Kier alpha value is -3.92. The topological polar surface area (TPSA) is 107 Å². The molecule has 3 N–H and O–H groups in total. The van der Waals surface area contributed by atoms with Gasteiger partial charge in [0.2, 0.25) is 5.95 Å². The molecule has 0 aliphatic carbocycles. The molecular formula is C26H34FN5O4. The molecule has 0 aliphatic heterocycles. The van der Waals surface area contributed by atoms with Crippen molar-refractivity contribution in [3.63, 3.8) is 0 Å². The Bertz CT molecular complexity index is 1100. The zero-order chi connectivity index (χ0) is 26.6. The Morgan fingerprint density at radius 3 is 2.33 bits per heavy atom. The fourth-order valence-electron chi connectivity index (χ4n) is 2.75. The van der Waals surface area contributed by atoms with E-state index >= 15 is 0 Å². The Morgan fingerprint density at radius 2 is 1.67 bits per heavy atom. The lowest BCUT2D eigenvalue weighted by Crippen LogP contribution is -2.27. The molecule has 1 heterocycles. The zero-order valence-electron chi connectivity index (χ0n) is 21.5. The summed E-state index contributed by atoms with van der Waals surface area (Å²) in [5, 5.41) is 8.58. The molecule has 0 radical (unpaired) electrons. The summed E-state index contributed by atoms with van der Waals surface area (Å²) in [6.07, 6.45) is 0.488. The smallest absolute Gasteiger partial charge is 0.412 e. The van der Waals surface area contributed by atoms with E-state index in [1.54, 1.807) is 76.4 Å². The quantitative estimate of drug-likeness (QED) is 0.286. The molecule has 10 heteroatoms. The Labute approximate surface area is 211 Å². The molecule has 0 bridgehead atoms. The van der Waals surface area contributed by atoms with Crippen molar-refractivity contribution < 1.29 is 23.4 Å². The lowest BCUT2D eigenvalue weighted by atomic mass is 10.2. The monoisotopic (exact) mass is 499 g/mol. The second-order valence-corrected chi connectivity index (χ2v) is 8.21. The van der Waals surface area contributed by atoms with Crippen molar-refractivity contribution in [1.82, 2.24) is 9.97 Å². The van der Waals surface area contributed by atoms with E-state index in [2.05, 4.69) is 25.9 Å². The van der Waals surface area contributed by atoms with E-state index in [0.29, 0.717) is 36.0 Å². The normalized spacial score (nSPS) is 10.5. The first kappa shape index (κ1) is 28.3. The van der Waals surface area contributed by atoms with Crippen LogP contribution in [0.4, 0.5) is 38.0 Å². The van der Waals surface area contributed by atoms with E-state index in [-0.39, 0.29) is 11.8 Å². The zero-order valence-corrected chi connectivity index (χ0v) is 21.5. The van der Waals surface area contributed by atoms with Gasteiger partial charge in [-0.15, -0.1) is 0 Å². The Morgan fingerprint density at radius 1 is 0.972 bits per heavy atom. The van der Waals surface area contributed by atoms with Gasteiger partial charge in [-0.05, 0) is 63.2 Å². The molecular weight excluding hydrogens is 465 g/mol. The number of methoxy groups -OCH3 is 1. The highest BCUT2D eigenvalue weighted by Crippen LogP contribution is 2.24. The maximum atomic E-state index is 14.4. The van der Waals surface area contributed by atoms with Gasteiger partial charge in [0.15, 0.2) is 11.6 Å². The number of rotatable bonds is 9. The van der Waals surface area contributed by atoms with E-state index in [9.17, 15) is 9.18 Å². The van der Waals surface area contributed by atoms with Crippen LogP contribution in [0.1, 0.15) is 34.6 Å². The average Bonchev–Trinajstić information content (AvgIpc) is 2.83. The number of hydrogen-bond acceptors (Lipinski definition) is 8. The molecule has 3 rings (SSSR count). The highest BCUT2D eigenvalue weighted by atomic mass is 19.1. The van der Waals surface area contributed by atoms with E-state index in [1.807, 2.05) is 13.8 Å². The van der Waals surface area contributed by atoms with Gasteiger partial charge in [-0.3, -0.25) is 5.32 Å². The summed E-state index contributed by atoms with van der Waals surface area (Å²) in [7, 11) is 1.61. The van der Waals surface area contributed by atoms with Crippen LogP contribution in [-0.2, 0) is 9.47 Å². The van der Waals surface area contributed by atoms with Gasteiger partial charge in [-0.2, -0.15) is 4.98 Å². The number of aromatic nitrogens is 2. The minimum absolute atomic E-state index is 0.0218. The molecule has 1 aromatic heterocycles. The average molecular weight is 500 g/mol. The Balaban J connectivity index is 0.00000222. The van der Waals surface area contributed by atoms with Gasteiger partial charge >= 0.3 is 6.09 Å². The summed E-state index contributed by atoms with van der Waals surface area (Å²) in [5.74, 6) is 0.259. The molecule has 0 saturated carbocycles. The van der Waals surface area contributed by atoms with Crippen LogP contribution in [0.25, 0.3) is 0 Å². The molecule has 0 fully saturated rings. The number of ether oxygens (including phenoxy) is 3. The SMILES string of the molecule is CC.COCCOc1ccc(Nc2ncc(F)c(Nc3cccc(NC(=O)OC(C)(C)C)c3)n2)cc1. The molecule has 2 aromatic carbocycles. The van der Waals surface area contributed by atoms with Crippen LogP contribution < -0.4 is 20.7 Å². The largest absolute Gasteiger partial charge is 0.491 e. The van der Waals surface area contributed by atoms with Gasteiger partial charge in [0.05, 0.1) is 12.8 Å². The van der Waals surface area contributed by atoms with E-state index < -0.39 is 17.5 Å². The summed E-state index contributed by atoms with van der Waals surface area (Å²) >= 11 is 0. The van der Waals surface area contributed by atoms with Crippen LogP contribution in [0.3, 0.4) is 0 Å². The van der Waals surface area contributed by atoms with Gasteiger partial charge in [-0.25, -0.2) is 14.2 Å². The van der Waals surface area contributed by atoms with Gasteiger partial charge in [-0.1, -0.05) is 19.9 Å². The number of anilines is 5. The molecule has 36 heavy (non-hydrogen) atoms. The van der Waals surface area contributed by atoms with E-state index in [4.69, 9.17) is 14.2 Å². The van der Waals surface area contributed by atoms with Crippen LogP contribution in [0.2, 0.25) is 0 Å². The van der Waals surface area contributed by atoms with Crippen molar-refractivity contribution in [2.24, 2.45) is 0 Å². The lowest BCUT2D eigenvalue weighted by Gasteiger charge is -2.19. The van der Waals surface area contributed by atoms with Crippen molar-refractivity contribution in [2.75, 3.05) is 36.3 Å². The molecule has 1 amide bonds. The summed E-state index contributed by atoms with van der Waals surface area (Å²) in [6.45, 7) is 10.3. The summed E-state index contributed by atoms with van der Waals surface area (Å²) < 4.78 is 30.1. The van der Waals surface area contributed by atoms with Gasteiger partial charge in [0, 0.05) is 24.2 Å². The Kier molecular flexibility index (Phi) is 10.9. The number of nitrogens with zero attached hydrogens (tertiary/aromatic N) is 2. The van der Waals surface area contributed by atoms with E-state index in [0.717, 1.165) is 6.20 Å². The maximum Gasteiger partial charge on any atom is 0.412 e. The first-order valence-corrected chi connectivity index (χ1v) is 11.6. The third-order valence-corrected chi connectivity index (χ3v) is 4.18. The van der Waals surface area contributed by atoms with Crippen LogP contribution in [0.5, 0.6) is 5.75 Å². The number of hydrogen-bond donors (Lipinski definition) is 3. The molecule has 0 atom stereocenters. The summed E-state index contributed by atoms with van der Waals surface area (Å²) in [5.41, 5.74) is 1.10. The highest BCUT2D eigenvalue weighted by molar-refractivity contribution is 5.85. The number of carbonyl (C=O) groups excluding carboxylic acids is 1. The fourth-order valence-corrected chi connectivity index (χ4v) is 2.75. The second kappa shape index (κ2) is 13.8. The molecule has 0 unspecified atom stereocenters. The van der Waals surface area contributed by atoms with Crippen molar-refractivity contribution in [3.05, 3.63) is 60.5 Å². The standard InChI is InChI=1S/C24H28FN5O4.C2H6/c1-24(2,3)34-23(31)29-18-7-5-6-17(14-18)27-21-20(25)15-26-22(30-21)28-16-8-10-19(11-9-16)33-13-12-32-4;1-2/h5-11,14-15H,12-13H2,1-4H3,(H,29,31)(H2,26,27,28,30);1-2H3. The summed E-state index contributed by atoms with van der Waals surface area (Å²) in [6, 6.07) is 14.0. The van der Waals surface area contributed by atoms with E-state index in [1.165, 1.54) is 0 Å². The van der Waals surface area contributed by atoms with Crippen LogP contribution in [-0.4, -0.2) is 42.0 Å². The molecule has 0 saturated heterocycles. The minimum Gasteiger partial charge on any atom is -0.491 e. The molecule has 0 spiro atoms. The number of amides is 1. The van der Waals surface area contributed by atoms with Gasteiger partial charge < -0.3 is 24.8 Å². The number of carbonyl (C=O) groups is 1.